The minimum absolute atomic E-state index is 0.165. The molecule has 0 aliphatic carbocycles. The summed E-state index contributed by atoms with van der Waals surface area (Å²) >= 11 is 3.31. The number of nitrogens with zero attached hydrogens (tertiary/aromatic N) is 2. The molecule has 2 rings (SSSR count). The molecule has 0 saturated carbocycles. The van der Waals surface area contributed by atoms with Crippen molar-refractivity contribution in [1.82, 2.24) is 9.97 Å². The van der Waals surface area contributed by atoms with Gasteiger partial charge in [-0.25, -0.2) is 9.97 Å². The maximum absolute atomic E-state index is 8.98. The number of aliphatic hydroxyl groups excluding tert-OH is 1. The molecule has 0 aliphatic heterocycles. The van der Waals surface area contributed by atoms with Gasteiger partial charge in [-0.2, -0.15) is 0 Å². The fraction of sp³-hybridized carbons (Fsp3) is 0.538. The molecule has 4 nitrogen and oxygen atoms in total. The molecule has 0 saturated heterocycles. The second kappa shape index (κ2) is 7.07. The van der Waals surface area contributed by atoms with Gasteiger partial charge in [0.25, 0.3) is 0 Å². The second-order valence-electron chi connectivity index (χ2n) is 4.14. The number of aryl methyl sites for hydroxylation is 1. The predicted octanol–water partition coefficient (Wildman–Crippen LogP) is 3.16. The summed E-state index contributed by atoms with van der Waals surface area (Å²) in [7, 11) is 0. The number of aromatic nitrogens is 2. The van der Waals surface area contributed by atoms with E-state index in [0.717, 1.165) is 34.6 Å². The van der Waals surface area contributed by atoms with Crippen molar-refractivity contribution in [2.24, 2.45) is 0 Å². The molecule has 0 atom stereocenters. The summed E-state index contributed by atoms with van der Waals surface area (Å²) in [5.41, 5.74) is 0. The average molecular weight is 297 g/mol. The van der Waals surface area contributed by atoms with E-state index in [4.69, 9.17) is 5.11 Å². The Labute approximate surface area is 121 Å². The molecule has 0 aromatic carbocycles. The van der Waals surface area contributed by atoms with Crippen LogP contribution in [0.2, 0.25) is 0 Å². The first-order chi connectivity index (χ1) is 9.28. The quantitative estimate of drug-likeness (QED) is 0.607. The number of nitrogens with one attached hydrogen (secondary N) is 1. The van der Waals surface area contributed by atoms with Crippen LogP contribution in [0, 0.1) is 0 Å². The third-order valence-electron chi connectivity index (χ3n) is 2.62. The van der Waals surface area contributed by atoms with Crippen molar-refractivity contribution in [1.29, 1.82) is 0 Å². The molecule has 19 heavy (non-hydrogen) atoms. The Hall–Kier alpha value is -0.850. The highest BCUT2D eigenvalue weighted by Crippen LogP contribution is 2.32. The van der Waals surface area contributed by atoms with Crippen LogP contribution >= 0.6 is 23.1 Å². The molecule has 0 amide bonds. The number of thioether (sulfide) groups is 1. The van der Waals surface area contributed by atoms with Gasteiger partial charge in [0.1, 0.15) is 9.86 Å². The molecule has 0 fully saturated rings. The first-order valence-corrected chi connectivity index (χ1v) is 8.36. The normalized spacial score (nSPS) is 11.1. The van der Waals surface area contributed by atoms with Crippen molar-refractivity contribution >= 4 is 39.3 Å². The van der Waals surface area contributed by atoms with Gasteiger partial charge in [0.2, 0.25) is 5.95 Å². The van der Waals surface area contributed by atoms with Crippen LogP contribution in [0.5, 0.6) is 0 Å². The summed E-state index contributed by atoms with van der Waals surface area (Å²) in [6.07, 6.45) is 2.06. The maximum atomic E-state index is 8.98. The lowest BCUT2D eigenvalue weighted by Crippen LogP contribution is -2.04. The van der Waals surface area contributed by atoms with Gasteiger partial charge in [0.05, 0.1) is 6.61 Å². The van der Waals surface area contributed by atoms with E-state index in [2.05, 4.69) is 35.2 Å². The lowest BCUT2D eigenvalue weighted by Gasteiger charge is -2.06. The van der Waals surface area contributed by atoms with E-state index in [9.17, 15) is 0 Å². The van der Waals surface area contributed by atoms with E-state index < -0.39 is 0 Å². The van der Waals surface area contributed by atoms with E-state index in [1.54, 1.807) is 23.1 Å². The SMILES string of the molecule is CCCNc1nc(SCCO)c2cc(CC)sc2n1. The number of rotatable bonds is 7. The van der Waals surface area contributed by atoms with Crippen LogP contribution in [0.4, 0.5) is 5.95 Å². The molecule has 0 spiro atoms. The molecule has 0 bridgehead atoms. The largest absolute Gasteiger partial charge is 0.396 e. The van der Waals surface area contributed by atoms with Gasteiger partial charge in [-0.1, -0.05) is 13.8 Å². The van der Waals surface area contributed by atoms with Crippen molar-refractivity contribution < 1.29 is 5.11 Å². The molecule has 0 radical (unpaired) electrons. The molecule has 2 aromatic rings. The highest BCUT2D eigenvalue weighted by molar-refractivity contribution is 7.99. The Morgan fingerprint density at radius 3 is 2.89 bits per heavy atom. The molecule has 6 heteroatoms. The van der Waals surface area contributed by atoms with Gasteiger partial charge in [-0.3, -0.25) is 0 Å². The maximum Gasteiger partial charge on any atom is 0.225 e. The zero-order chi connectivity index (χ0) is 13.7. The van der Waals surface area contributed by atoms with Gasteiger partial charge in [0, 0.05) is 22.6 Å². The van der Waals surface area contributed by atoms with Crippen molar-refractivity contribution in [2.45, 2.75) is 31.7 Å². The molecule has 0 unspecified atom stereocenters. The van der Waals surface area contributed by atoms with Crippen LogP contribution in [0.1, 0.15) is 25.1 Å². The Bertz CT molecular complexity index is 542. The summed E-state index contributed by atoms with van der Waals surface area (Å²) in [6, 6.07) is 2.17. The third-order valence-corrected chi connectivity index (χ3v) is 4.77. The molecular formula is C13H19N3OS2. The van der Waals surface area contributed by atoms with Gasteiger partial charge in [-0.05, 0) is 18.9 Å². The van der Waals surface area contributed by atoms with Crippen LogP contribution in [-0.2, 0) is 6.42 Å². The summed E-state index contributed by atoms with van der Waals surface area (Å²) in [6.45, 7) is 5.31. The number of fused-ring (bicyclic) bond motifs is 1. The van der Waals surface area contributed by atoms with Gasteiger partial charge in [-0.15, -0.1) is 23.1 Å². The standard InChI is InChI=1S/C13H19N3OS2/c1-3-5-14-13-15-11(18-7-6-17)10-8-9(4-2)19-12(10)16-13/h8,17H,3-7H2,1-2H3,(H,14,15,16). The molecule has 2 N–H and O–H groups in total. The first-order valence-electron chi connectivity index (χ1n) is 6.56. The van der Waals surface area contributed by atoms with Crippen LogP contribution in [-0.4, -0.2) is 34.0 Å². The highest BCUT2D eigenvalue weighted by atomic mass is 32.2. The van der Waals surface area contributed by atoms with Gasteiger partial charge < -0.3 is 10.4 Å². The molecular weight excluding hydrogens is 278 g/mol. The van der Waals surface area contributed by atoms with Crippen LogP contribution < -0.4 is 5.32 Å². The van der Waals surface area contributed by atoms with E-state index in [1.165, 1.54) is 4.88 Å². The summed E-state index contributed by atoms with van der Waals surface area (Å²) in [4.78, 5) is 11.5. The van der Waals surface area contributed by atoms with Crippen molar-refractivity contribution in [3.63, 3.8) is 0 Å². The number of thiophene rings is 1. The summed E-state index contributed by atoms with van der Waals surface area (Å²) < 4.78 is 0. The van der Waals surface area contributed by atoms with Crippen LogP contribution in [0.15, 0.2) is 11.1 Å². The molecule has 2 heterocycles. The van der Waals surface area contributed by atoms with Crippen LogP contribution in [0.3, 0.4) is 0 Å². The fourth-order valence-electron chi connectivity index (χ4n) is 1.69. The topological polar surface area (TPSA) is 58.0 Å². The van der Waals surface area contributed by atoms with Crippen LogP contribution in [0.25, 0.3) is 10.2 Å². The lowest BCUT2D eigenvalue weighted by atomic mass is 10.3. The number of anilines is 1. The Kier molecular flexibility index (Phi) is 5.42. The number of hydrogen-bond donors (Lipinski definition) is 2. The Balaban J connectivity index is 2.37. The average Bonchev–Trinajstić information content (AvgIpc) is 2.85. The van der Waals surface area contributed by atoms with E-state index in [1.807, 2.05) is 0 Å². The molecule has 0 aliphatic rings. The van der Waals surface area contributed by atoms with Gasteiger partial charge >= 0.3 is 0 Å². The number of aliphatic hydroxyl groups is 1. The first kappa shape index (κ1) is 14.6. The number of hydrogen-bond acceptors (Lipinski definition) is 6. The van der Waals surface area contributed by atoms with Crippen molar-refractivity contribution in [3.8, 4) is 0 Å². The van der Waals surface area contributed by atoms with E-state index >= 15 is 0 Å². The monoisotopic (exact) mass is 297 g/mol. The van der Waals surface area contributed by atoms with E-state index in [-0.39, 0.29) is 6.61 Å². The zero-order valence-electron chi connectivity index (χ0n) is 11.3. The minimum Gasteiger partial charge on any atom is -0.396 e. The third kappa shape index (κ3) is 3.58. The van der Waals surface area contributed by atoms with Crippen molar-refractivity contribution in [3.05, 3.63) is 10.9 Å². The smallest absolute Gasteiger partial charge is 0.225 e. The zero-order valence-corrected chi connectivity index (χ0v) is 12.9. The summed E-state index contributed by atoms with van der Waals surface area (Å²) in [5, 5.41) is 14.3. The lowest BCUT2D eigenvalue weighted by molar-refractivity contribution is 0.322. The Morgan fingerprint density at radius 2 is 2.21 bits per heavy atom. The second-order valence-corrected chi connectivity index (χ2v) is 6.34. The highest BCUT2D eigenvalue weighted by Gasteiger charge is 2.11. The molecule has 104 valence electrons. The van der Waals surface area contributed by atoms with Gasteiger partial charge in [0.15, 0.2) is 0 Å². The van der Waals surface area contributed by atoms with Crippen molar-refractivity contribution in [2.75, 3.05) is 24.2 Å². The minimum atomic E-state index is 0.165. The van der Waals surface area contributed by atoms with E-state index in [0.29, 0.717) is 11.7 Å². The Morgan fingerprint density at radius 1 is 1.37 bits per heavy atom. The summed E-state index contributed by atoms with van der Waals surface area (Å²) in [5.74, 6) is 1.36. The predicted molar refractivity (Wildman–Crippen MR) is 83.4 cm³/mol. The molecule has 2 aromatic heterocycles. The fourth-order valence-corrected chi connectivity index (χ4v) is 3.47.